The van der Waals surface area contributed by atoms with E-state index in [9.17, 15) is 9.59 Å². The molecule has 1 aliphatic heterocycles. The van der Waals surface area contributed by atoms with Crippen molar-refractivity contribution in [3.8, 4) is 0 Å². The number of nitrogens with one attached hydrogen (secondary N) is 1. The predicted molar refractivity (Wildman–Crippen MR) is 118 cm³/mol. The number of rotatable bonds is 7. The van der Waals surface area contributed by atoms with E-state index in [-0.39, 0.29) is 23.0 Å². The highest BCUT2D eigenvalue weighted by atomic mass is 16.2. The van der Waals surface area contributed by atoms with Gasteiger partial charge in [-0.05, 0) is 70.9 Å². The molecule has 1 heterocycles. The number of carbonyl (C=O) groups excluding carboxylic acids is 2. The summed E-state index contributed by atoms with van der Waals surface area (Å²) in [6.07, 6.45) is 6.36. The van der Waals surface area contributed by atoms with Crippen molar-refractivity contribution in [2.75, 3.05) is 26.7 Å². The van der Waals surface area contributed by atoms with Crippen LogP contribution in [-0.2, 0) is 10.3 Å². The number of carbonyl (C=O) groups is 2. The normalized spacial score (nSPS) is 29.6. The maximum Gasteiger partial charge on any atom is 0.320 e. The zero-order chi connectivity index (χ0) is 21.6. The fourth-order valence-electron chi connectivity index (χ4n) is 5.40. The Labute approximate surface area is 180 Å². The van der Waals surface area contributed by atoms with Crippen LogP contribution in [0.5, 0.6) is 0 Å². The van der Waals surface area contributed by atoms with E-state index in [1.54, 1.807) is 0 Å². The first-order chi connectivity index (χ1) is 14.2. The molecule has 3 aliphatic rings. The topological polar surface area (TPSA) is 78.7 Å². The van der Waals surface area contributed by atoms with Gasteiger partial charge in [0.1, 0.15) is 0 Å². The lowest BCUT2D eigenvalue weighted by molar-refractivity contribution is -0.126. The zero-order valence-corrected chi connectivity index (χ0v) is 18.6. The first-order valence-corrected chi connectivity index (χ1v) is 11.3. The lowest BCUT2D eigenvalue weighted by Gasteiger charge is -2.48. The molecule has 0 bridgehead atoms. The van der Waals surface area contributed by atoms with Gasteiger partial charge in [0.15, 0.2) is 0 Å². The van der Waals surface area contributed by atoms with Crippen LogP contribution in [0.4, 0.5) is 4.79 Å². The number of nitrogens with zero attached hydrogens (tertiary/aromatic N) is 2. The van der Waals surface area contributed by atoms with Gasteiger partial charge in [-0.25, -0.2) is 4.79 Å². The summed E-state index contributed by atoms with van der Waals surface area (Å²) in [6, 6.07) is 10.8. The molecule has 6 nitrogen and oxygen atoms in total. The van der Waals surface area contributed by atoms with Gasteiger partial charge in [-0.15, -0.1) is 0 Å². The highest BCUT2D eigenvalue weighted by molar-refractivity contribution is 5.83. The van der Waals surface area contributed by atoms with Crippen molar-refractivity contribution in [1.29, 1.82) is 0 Å². The number of urea groups is 1. The first-order valence-electron chi connectivity index (χ1n) is 11.3. The van der Waals surface area contributed by atoms with Crippen LogP contribution < -0.4 is 11.1 Å². The number of nitrogens with two attached hydrogens (primary N) is 1. The molecule has 0 radical (unpaired) electrons. The van der Waals surface area contributed by atoms with E-state index < -0.39 is 5.41 Å². The van der Waals surface area contributed by atoms with Gasteiger partial charge in [-0.3, -0.25) is 4.79 Å². The largest absolute Gasteiger partial charge is 0.369 e. The molecule has 3 amide bonds. The van der Waals surface area contributed by atoms with E-state index in [0.717, 1.165) is 32.2 Å². The Morgan fingerprint density at radius 1 is 1.17 bits per heavy atom. The second-order valence-corrected chi connectivity index (χ2v) is 10.4. The minimum Gasteiger partial charge on any atom is -0.369 e. The van der Waals surface area contributed by atoms with Crippen molar-refractivity contribution in [2.24, 2.45) is 17.1 Å². The molecule has 0 aromatic heterocycles. The van der Waals surface area contributed by atoms with Crippen LogP contribution in [-0.4, -0.2) is 54.0 Å². The molecule has 1 aromatic carbocycles. The Morgan fingerprint density at radius 2 is 1.80 bits per heavy atom. The summed E-state index contributed by atoms with van der Waals surface area (Å²) in [5.74, 6) is 0.284. The maximum atomic E-state index is 13.4. The van der Waals surface area contributed by atoms with Gasteiger partial charge in [0.05, 0.1) is 11.0 Å². The van der Waals surface area contributed by atoms with Crippen molar-refractivity contribution in [1.82, 2.24) is 15.1 Å². The molecule has 2 aliphatic carbocycles. The molecular weight excluding hydrogens is 376 g/mol. The van der Waals surface area contributed by atoms with Crippen molar-refractivity contribution in [2.45, 2.75) is 63.5 Å². The van der Waals surface area contributed by atoms with Gasteiger partial charge in [0.2, 0.25) is 5.91 Å². The predicted octanol–water partition coefficient (Wildman–Crippen LogP) is 3.07. The van der Waals surface area contributed by atoms with Gasteiger partial charge in [0, 0.05) is 25.2 Å². The molecule has 30 heavy (non-hydrogen) atoms. The molecule has 1 spiro atoms. The van der Waals surface area contributed by atoms with E-state index >= 15 is 0 Å². The zero-order valence-electron chi connectivity index (χ0n) is 18.6. The van der Waals surface area contributed by atoms with E-state index in [1.807, 2.05) is 18.7 Å². The summed E-state index contributed by atoms with van der Waals surface area (Å²) in [7, 11) is 2.05. The molecule has 0 atom stereocenters. The van der Waals surface area contributed by atoms with Gasteiger partial charge in [-0.2, -0.15) is 0 Å². The maximum absolute atomic E-state index is 13.4. The highest BCUT2D eigenvalue weighted by Gasteiger charge is 2.55. The standard InChI is InChI=1S/C24H36N4O2/c1-22(2,20(25)29)16-27-17-23(28(21(27)30)15-18-9-10-18)11-13-24(26-3,14-12-23)19-7-5-4-6-8-19/h4-8,18,26H,9-17H2,1-3H3,(H2,25,29)/t23-,24-. The average Bonchev–Trinajstić information content (AvgIpc) is 3.52. The van der Waals surface area contributed by atoms with E-state index in [2.05, 4.69) is 47.6 Å². The number of hydrogen-bond donors (Lipinski definition) is 2. The second-order valence-electron chi connectivity index (χ2n) is 10.4. The van der Waals surface area contributed by atoms with Crippen LogP contribution >= 0.6 is 0 Å². The van der Waals surface area contributed by atoms with Crippen LogP contribution in [0.2, 0.25) is 0 Å². The van der Waals surface area contributed by atoms with Crippen LogP contribution in [0.15, 0.2) is 30.3 Å². The fraction of sp³-hybridized carbons (Fsp3) is 0.667. The number of benzene rings is 1. The lowest BCUT2D eigenvalue weighted by Crippen LogP contribution is -2.55. The number of hydrogen-bond acceptors (Lipinski definition) is 3. The summed E-state index contributed by atoms with van der Waals surface area (Å²) < 4.78 is 0. The molecule has 1 saturated heterocycles. The molecular formula is C24H36N4O2. The van der Waals surface area contributed by atoms with Crippen LogP contribution in [0.1, 0.15) is 57.9 Å². The Hall–Kier alpha value is -2.08. The van der Waals surface area contributed by atoms with Crippen LogP contribution in [0.25, 0.3) is 0 Å². The molecule has 164 valence electrons. The number of primary amides is 1. The van der Waals surface area contributed by atoms with Gasteiger partial charge >= 0.3 is 6.03 Å². The summed E-state index contributed by atoms with van der Waals surface area (Å²) in [4.78, 5) is 29.4. The summed E-state index contributed by atoms with van der Waals surface area (Å²) in [6.45, 7) is 5.61. The monoisotopic (exact) mass is 412 g/mol. The SMILES string of the molecule is CN[C@]1(c2ccccc2)CC[C@@]2(CC1)CN(CC(C)(C)C(N)=O)C(=O)N2CC1CC1. The minimum atomic E-state index is -0.722. The van der Waals surface area contributed by atoms with Gasteiger partial charge in [0.25, 0.3) is 0 Å². The molecule has 0 unspecified atom stereocenters. The van der Waals surface area contributed by atoms with Crippen molar-refractivity contribution in [3.63, 3.8) is 0 Å². The quantitative estimate of drug-likeness (QED) is 0.722. The molecule has 4 rings (SSSR count). The molecule has 2 saturated carbocycles. The van der Waals surface area contributed by atoms with Crippen molar-refractivity contribution >= 4 is 11.9 Å². The van der Waals surface area contributed by atoms with Crippen LogP contribution in [0, 0.1) is 11.3 Å². The van der Waals surface area contributed by atoms with E-state index in [1.165, 1.54) is 18.4 Å². The average molecular weight is 413 g/mol. The van der Waals surface area contributed by atoms with Crippen molar-refractivity contribution in [3.05, 3.63) is 35.9 Å². The third kappa shape index (κ3) is 3.70. The smallest absolute Gasteiger partial charge is 0.320 e. The Morgan fingerprint density at radius 3 is 2.33 bits per heavy atom. The molecule has 1 aromatic rings. The highest BCUT2D eigenvalue weighted by Crippen LogP contribution is 2.48. The lowest BCUT2D eigenvalue weighted by atomic mass is 9.69. The summed E-state index contributed by atoms with van der Waals surface area (Å²) in [5, 5.41) is 3.61. The minimum absolute atomic E-state index is 0.0409. The molecule has 6 heteroatoms. The first kappa shape index (κ1) is 21.2. The van der Waals surface area contributed by atoms with Gasteiger partial charge in [-0.1, -0.05) is 30.3 Å². The van der Waals surface area contributed by atoms with Gasteiger partial charge < -0.3 is 20.9 Å². The Balaban J connectivity index is 1.57. The molecule has 3 fully saturated rings. The van der Waals surface area contributed by atoms with E-state index in [0.29, 0.717) is 19.0 Å². The summed E-state index contributed by atoms with van der Waals surface area (Å²) >= 11 is 0. The van der Waals surface area contributed by atoms with Crippen molar-refractivity contribution < 1.29 is 9.59 Å². The van der Waals surface area contributed by atoms with E-state index in [4.69, 9.17) is 5.73 Å². The second kappa shape index (κ2) is 7.56. The molecule has 3 N–H and O–H groups in total. The van der Waals surface area contributed by atoms with Crippen LogP contribution in [0.3, 0.4) is 0 Å². The third-order valence-corrected chi connectivity index (χ3v) is 7.79. The Kier molecular flexibility index (Phi) is 5.33. The summed E-state index contributed by atoms with van der Waals surface area (Å²) in [5.41, 5.74) is 6.03. The fourth-order valence-corrected chi connectivity index (χ4v) is 5.40. The number of amides is 3. The Bertz CT molecular complexity index is 795. The third-order valence-electron chi connectivity index (χ3n) is 7.79.